The number of anilines is 2. The Morgan fingerprint density at radius 1 is 1.16 bits per heavy atom. The second-order valence-electron chi connectivity index (χ2n) is 5.47. The first-order valence-corrected chi connectivity index (χ1v) is 10.7. The fourth-order valence-corrected chi connectivity index (χ4v) is 5.45. The van der Waals surface area contributed by atoms with Gasteiger partial charge in [-0.2, -0.15) is 0 Å². The molecule has 25 heavy (non-hydrogen) atoms. The molecule has 0 aromatic heterocycles. The third kappa shape index (κ3) is 3.73. The molecule has 1 heterocycles. The molecule has 0 unspecified atom stereocenters. The van der Waals surface area contributed by atoms with Gasteiger partial charge in [-0.15, -0.1) is 0 Å². The van der Waals surface area contributed by atoms with E-state index in [2.05, 4.69) is 4.72 Å². The molecular weight excluding hydrogens is 391 g/mol. The van der Waals surface area contributed by atoms with Crippen molar-refractivity contribution < 1.29 is 21.2 Å². The third-order valence-electron chi connectivity index (χ3n) is 3.69. The molecule has 0 radical (unpaired) electrons. The van der Waals surface area contributed by atoms with Crippen LogP contribution < -0.4 is 9.03 Å². The predicted molar refractivity (Wildman–Crippen MR) is 94.4 cm³/mol. The average molecular weight is 405 g/mol. The van der Waals surface area contributed by atoms with Crippen LogP contribution in [-0.4, -0.2) is 29.1 Å². The second-order valence-corrected chi connectivity index (χ2v) is 9.57. The van der Waals surface area contributed by atoms with Gasteiger partial charge in [0.25, 0.3) is 10.0 Å². The summed E-state index contributed by atoms with van der Waals surface area (Å²) >= 11 is 6.10. The van der Waals surface area contributed by atoms with E-state index in [1.165, 1.54) is 34.6 Å². The van der Waals surface area contributed by atoms with Crippen LogP contribution in [0, 0.1) is 5.82 Å². The zero-order valence-electron chi connectivity index (χ0n) is 12.8. The van der Waals surface area contributed by atoms with Gasteiger partial charge >= 0.3 is 0 Å². The Morgan fingerprint density at radius 3 is 2.52 bits per heavy atom. The highest BCUT2D eigenvalue weighted by molar-refractivity contribution is 7.93. The van der Waals surface area contributed by atoms with Crippen LogP contribution in [0.5, 0.6) is 0 Å². The number of hydrogen-bond acceptors (Lipinski definition) is 4. The fourth-order valence-electron chi connectivity index (χ4n) is 2.51. The zero-order chi connectivity index (χ0) is 18.2. The Labute approximate surface area is 150 Å². The molecule has 0 bridgehead atoms. The maximum absolute atomic E-state index is 13.2. The number of sulfonamides is 2. The van der Waals surface area contributed by atoms with Crippen molar-refractivity contribution in [3.63, 3.8) is 0 Å². The minimum Gasteiger partial charge on any atom is -0.278 e. The Morgan fingerprint density at radius 2 is 1.92 bits per heavy atom. The first-order chi connectivity index (χ1) is 11.7. The van der Waals surface area contributed by atoms with Crippen molar-refractivity contribution in [2.75, 3.05) is 21.3 Å². The highest BCUT2D eigenvalue weighted by atomic mass is 35.5. The van der Waals surface area contributed by atoms with Gasteiger partial charge in [-0.1, -0.05) is 17.7 Å². The lowest BCUT2D eigenvalue weighted by Crippen LogP contribution is -2.25. The van der Waals surface area contributed by atoms with E-state index in [9.17, 15) is 21.2 Å². The fraction of sp³-hybridized carbons (Fsp3) is 0.200. The lowest BCUT2D eigenvalue weighted by Gasteiger charge is -2.18. The van der Waals surface area contributed by atoms with E-state index < -0.39 is 25.9 Å². The van der Waals surface area contributed by atoms with Gasteiger partial charge in [0, 0.05) is 6.54 Å². The van der Waals surface area contributed by atoms with E-state index in [4.69, 9.17) is 11.6 Å². The summed E-state index contributed by atoms with van der Waals surface area (Å²) in [7, 11) is -7.38. The molecule has 0 amide bonds. The largest absolute Gasteiger partial charge is 0.278 e. The molecule has 6 nitrogen and oxygen atoms in total. The topological polar surface area (TPSA) is 83.6 Å². The van der Waals surface area contributed by atoms with Gasteiger partial charge < -0.3 is 0 Å². The molecule has 1 aliphatic rings. The lowest BCUT2D eigenvalue weighted by atomic mass is 10.3. The number of nitrogens with zero attached hydrogens (tertiary/aromatic N) is 1. The number of rotatable bonds is 4. The van der Waals surface area contributed by atoms with Gasteiger partial charge in [-0.25, -0.2) is 21.2 Å². The quantitative estimate of drug-likeness (QED) is 0.849. The van der Waals surface area contributed by atoms with E-state index in [1.807, 2.05) is 0 Å². The molecule has 2 aromatic carbocycles. The summed E-state index contributed by atoms with van der Waals surface area (Å²) in [4.78, 5) is -0.241. The molecule has 0 aliphatic carbocycles. The minimum atomic E-state index is -4.02. The maximum atomic E-state index is 13.2. The van der Waals surface area contributed by atoms with Crippen LogP contribution in [0.4, 0.5) is 15.8 Å². The molecule has 2 aromatic rings. The predicted octanol–water partition coefficient (Wildman–Crippen LogP) is 2.82. The van der Waals surface area contributed by atoms with Crippen LogP contribution in [-0.2, 0) is 20.0 Å². The van der Waals surface area contributed by atoms with Gasteiger partial charge in [0.05, 0.1) is 27.0 Å². The van der Waals surface area contributed by atoms with Crippen molar-refractivity contribution in [3.8, 4) is 0 Å². The normalized spacial score (nSPS) is 16.8. The van der Waals surface area contributed by atoms with E-state index in [-0.39, 0.29) is 21.4 Å². The van der Waals surface area contributed by atoms with Gasteiger partial charge in [0.2, 0.25) is 10.0 Å². The summed E-state index contributed by atoms with van der Waals surface area (Å²) in [5.74, 6) is -0.609. The van der Waals surface area contributed by atoms with E-state index in [0.29, 0.717) is 18.7 Å². The highest BCUT2D eigenvalue weighted by Gasteiger charge is 2.29. The van der Waals surface area contributed by atoms with Crippen LogP contribution in [0.2, 0.25) is 5.02 Å². The first-order valence-electron chi connectivity index (χ1n) is 7.27. The van der Waals surface area contributed by atoms with Crippen LogP contribution >= 0.6 is 11.6 Å². The van der Waals surface area contributed by atoms with Crippen LogP contribution in [0.25, 0.3) is 0 Å². The highest BCUT2D eigenvalue weighted by Crippen LogP contribution is 2.32. The van der Waals surface area contributed by atoms with Crippen LogP contribution in [0.1, 0.15) is 6.42 Å². The number of nitrogens with one attached hydrogen (secondary N) is 1. The molecule has 1 saturated heterocycles. The summed E-state index contributed by atoms with van der Waals surface area (Å²) in [5.41, 5.74) is 0.447. The molecule has 1 aliphatic heterocycles. The second kappa shape index (κ2) is 6.47. The molecular formula is C15H14ClFN2O4S2. The summed E-state index contributed by atoms with van der Waals surface area (Å²) in [6, 6.07) is 8.80. The SMILES string of the molecule is O=S(=O)(Nc1ccc(N2CCCS2(=O)=O)cc1Cl)c1cccc(F)c1. The van der Waals surface area contributed by atoms with Crippen molar-refractivity contribution in [3.05, 3.63) is 53.3 Å². The van der Waals surface area contributed by atoms with Crippen LogP contribution in [0.3, 0.4) is 0 Å². The molecule has 1 fully saturated rings. The van der Waals surface area contributed by atoms with Crippen molar-refractivity contribution >= 4 is 43.0 Å². The molecule has 134 valence electrons. The van der Waals surface area contributed by atoms with Crippen molar-refractivity contribution in [1.29, 1.82) is 0 Å². The summed E-state index contributed by atoms with van der Waals surface area (Å²) in [6.07, 6.45) is 0.522. The zero-order valence-corrected chi connectivity index (χ0v) is 15.2. The third-order valence-corrected chi connectivity index (χ3v) is 7.24. The average Bonchev–Trinajstić information content (AvgIpc) is 2.88. The van der Waals surface area contributed by atoms with E-state index >= 15 is 0 Å². The smallest absolute Gasteiger partial charge is 0.262 e. The Hall–Kier alpha value is -1.84. The van der Waals surface area contributed by atoms with Crippen molar-refractivity contribution in [2.24, 2.45) is 0 Å². The van der Waals surface area contributed by atoms with Gasteiger partial charge in [0.15, 0.2) is 0 Å². The molecule has 0 atom stereocenters. The van der Waals surface area contributed by atoms with Crippen molar-refractivity contribution in [2.45, 2.75) is 11.3 Å². The Kier molecular flexibility index (Phi) is 4.65. The summed E-state index contributed by atoms with van der Waals surface area (Å²) in [6.45, 7) is 0.354. The first kappa shape index (κ1) is 18.0. The minimum absolute atomic E-state index is 0.0413. The number of halogens is 2. The molecule has 0 spiro atoms. The molecule has 0 saturated carbocycles. The monoisotopic (exact) mass is 404 g/mol. The van der Waals surface area contributed by atoms with Gasteiger partial charge in [0.1, 0.15) is 5.82 Å². The van der Waals surface area contributed by atoms with Gasteiger partial charge in [-0.3, -0.25) is 9.03 Å². The lowest BCUT2D eigenvalue weighted by molar-refractivity contribution is 0.595. The van der Waals surface area contributed by atoms with Crippen LogP contribution in [0.15, 0.2) is 47.4 Å². The standard InChI is InChI=1S/C15H14ClFN2O4S2/c16-14-10-12(19-7-2-8-24(19,20)21)5-6-15(14)18-25(22,23)13-4-1-3-11(17)9-13/h1,3-6,9-10,18H,2,7-8H2. The van der Waals surface area contributed by atoms with Crippen molar-refractivity contribution in [1.82, 2.24) is 0 Å². The van der Waals surface area contributed by atoms with E-state index in [0.717, 1.165) is 12.1 Å². The molecule has 1 N–H and O–H groups in total. The van der Waals surface area contributed by atoms with E-state index in [1.54, 1.807) is 0 Å². The van der Waals surface area contributed by atoms with Gasteiger partial charge in [-0.05, 0) is 42.8 Å². The Balaban J connectivity index is 1.89. The number of benzene rings is 2. The Bertz CT molecular complexity index is 1030. The number of hydrogen-bond donors (Lipinski definition) is 1. The molecule has 3 rings (SSSR count). The summed E-state index contributed by atoms with van der Waals surface area (Å²) < 4.78 is 65.2. The maximum Gasteiger partial charge on any atom is 0.262 e. The summed E-state index contributed by atoms with van der Waals surface area (Å²) in [5, 5.41) is 0.0413. The molecule has 10 heteroatoms.